The quantitative estimate of drug-likeness (QED) is 0.864. The van der Waals surface area contributed by atoms with Crippen molar-refractivity contribution in [1.82, 2.24) is 10.3 Å². The molecule has 3 nitrogen and oxygen atoms in total. The Hall–Kier alpha value is -0.610. The summed E-state index contributed by atoms with van der Waals surface area (Å²) in [6.45, 7) is 5.56. The Kier molecular flexibility index (Phi) is 5.85. The molecule has 1 aromatic heterocycles. The highest BCUT2D eigenvalue weighted by Crippen LogP contribution is 2.33. The normalized spacial score (nSPS) is 23.0. The number of nitrogens with one attached hydrogen (secondary N) is 1. The third-order valence-corrected chi connectivity index (χ3v) is 5.61. The van der Waals surface area contributed by atoms with Gasteiger partial charge in [-0.3, -0.25) is 0 Å². The molecule has 114 valence electrons. The lowest BCUT2D eigenvalue weighted by atomic mass is 9.87. The van der Waals surface area contributed by atoms with Crippen LogP contribution < -0.4 is 10.2 Å². The number of anilines is 1. The van der Waals surface area contributed by atoms with Gasteiger partial charge in [0.1, 0.15) is 0 Å². The summed E-state index contributed by atoms with van der Waals surface area (Å²) in [7, 11) is 4.25. The molecule has 0 radical (unpaired) electrons. The number of hydrogen-bond acceptors (Lipinski definition) is 4. The van der Waals surface area contributed by atoms with Crippen LogP contribution in [0, 0.1) is 5.92 Å². The van der Waals surface area contributed by atoms with Gasteiger partial charge in [0.2, 0.25) is 0 Å². The molecule has 1 fully saturated rings. The number of aryl methyl sites for hydroxylation is 1. The van der Waals surface area contributed by atoms with Crippen LogP contribution in [0.5, 0.6) is 0 Å². The molecule has 0 unspecified atom stereocenters. The standard InChI is InChI=1S/C16H29N3S/c1-5-6-14-15(11-17-3)20-16(18-14)19(4)13-9-7-12(2)8-10-13/h12-13,17H,5-11H2,1-4H3. The van der Waals surface area contributed by atoms with E-state index in [2.05, 4.69) is 31.1 Å². The molecule has 1 aromatic rings. The predicted octanol–water partition coefficient (Wildman–Crippen LogP) is 3.83. The fourth-order valence-electron chi connectivity index (χ4n) is 3.04. The summed E-state index contributed by atoms with van der Waals surface area (Å²) in [6, 6.07) is 0.689. The summed E-state index contributed by atoms with van der Waals surface area (Å²) in [5, 5.41) is 4.49. The van der Waals surface area contributed by atoms with Crippen LogP contribution >= 0.6 is 11.3 Å². The van der Waals surface area contributed by atoms with E-state index < -0.39 is 0 Å². The third-order valence-electron chi connectivity index (χ3n) is 4.43. The van der Waals surface area contributed by atoms with Gasteiger partial charge in [0.15, 0.2) is 5.13 Å². The number of rotatable bonds is 6. The molecule has 1 heterocycles. The highest BCUT2D eigenvalue weighted by atomic mass is 32.1. The Bertz CT molecular complexity index is 384. The second-order valence-electron chi connectivity index (χ2n) is 6.17. The molecule has 0 spiro atoms. The third kappa shape index (κ3) is 3.73. The van der Waals surface area contributed by atoms with E-state index in [4.69, 9.17) is 4.98 Å². The molecule has 0 bridgehead atoms. The lowest BCUT2D eigenvalue weighted by molar-refractivity contribution is 0.340. The average Bonchev–Trinajstić information content (AvgIpc) is 2.83. The van der Waals surface area contributed by atoms with Crippen LogP contribution in [0.1, 0.15) is 56.5 Å². The molecule has 0 atom stereocenters. The summed E-state index contributed by atoms with van der Waals surface area (Å²) in [4.78, 5) is 8.77. The molecule has 20 heavy (non-hydrogen) atoms. The van der Waals surface area contributed by atoms with Gasteiger partial charge in [0.25, 0.3) is 0 Å². The zero-order valence-electron chi connectivity index (χ0n) is 13.4. The summed E-state index contributed by atoms with van der Waals surface area (Å²) in [5.74, 6) is 0.909. The largest absolute Gasteiger partial charge is 0.348 e. The molecule has 1 aliphatic rings. The second kappa shape index (κ2) is 7.41. The first-order valence-electron chi connectivity index (χ1n) is 8.01. The minimum atomic E-state index is 0.689. The molecule has 0 amide bonds. The van der Waals surface area contributed by atoms with Crippen molar-refractivity contribution in [2.45, 2.75) is 65.0 Å². The van der Waals surface area contributed by atoms with Gasteiger partial charge in [-0.15, -0.1) is 11.3 Å². The van der Waals surface area contributed by atoms with Gasteiger partial charge in [-0.25, -0.2) is 4.98 Å². The average molecular weight is 295 g/mol. The van der Waals surface area contributed by atoms with E-state index in [0.717, 1.165) is 18.9 Å². The Labute approximate surface area is 127 Å². The second-order valence-corrected chi connectivity index (χ2v) is 7.23. The summed E-state index contributed by atoms with van der Waals surface area (Å²) >= 11 is 1.88. The van der Waals surface area contributed by atoms with E-state index in [-0.39, 0.29) is 0 Å². The molecule has 0 saturated heterocycles. The lowest BCUT2D eigenvalue weighted by Crippen LogP contribution is -2.34. The first-order valence-corrected chi connectivity index (χ1v) is 8.83. The number of hydrogen-bond donors (Lipinski definition) is 1. The van der Waals surface area contributed by atoms with Crippen LogP contribution in [0.2, 0.25) is 0 Å². The minimum Gasteiger partial charge on any atom is -0.348 e. The number of thiazole rings is 1. The van der Waals surface area contributed by atoms with Crippen molar-refractivity contribution >= 4 is 16.5 Å². The summed E-state index contributed by atoms with van der Waals surface area (Å²) < 4.78 is 0. The Balaban J connectivity index is 2.08. The molecule has 4 heteroatoms. The molecule has 1 N–H and O–H groups in total. The lowest BCUT2D eigenvalue weighted by Gasteiger charge is -2.33. The van der Waals surface area contributed by atoms with E-state index in [9.17, 15) is 0 Å². The molecule has 1 saturated carbocycles. The minimum absolute atomic E-state index is 0.689. The maximum absolute atomic E-state index is 4.92. The summed E-state index contributed by atoms with van der Waals surface area (Å²) in [6.07, 6.45) is 7.65. The van der Waals surface area contributed by atoms with Gasteiger partial charge in [0, 0.05) is 24.5 Å². The number of aromatic nitrogens is 1. The van der Waals surface area contributed by atoms with Crippen molar-refractivity contribution in [3.63, 3.8) is 0 Å². The Morgan fingerprint density at radius 1 is 1.30 bits per heavy atom. The first-order chi connectivity index (χ1) is 9.65. The van der Waals surface area contributed by atoms with Gasteiger partial charge >= 0.3 is 0 Å². The van der Waals surface area contributed by atoms with Crippen molar-refractivity contribution in [3.8, 4) is 0 Å². The van der Waals surface area contributed by atoms with E-state index in [0.29, 0.717) is 6.04 Å². The fraction of sp³-hybridized carbons (Fsp3) is 0.812. The van der Waals surface area contributed by atoms with Crippen LogP contribution in [0.15, 0.2) is 0 Å². The van der Waals surface area contributed by atoms with Crippen molar-refractivity contribution in [2.24, 2.45) is 5.92 Å². The van der Waals surface area contributed by atoms with E-state index in [1.807, 2.05) is 18.4 Å². The highest BCUT2D eigenvalue weighted by molar-refractivity contribution is 7.15. The van der Waals surface area contributed by atoms with E-state index in [1.165, 1.54) is 47.8 Å². The van der Waals surface area contributed by atoms with Gasteiger partial charge < -0.3 is 10.2 Å². The first kappa shape index (κ1) is 15.8. The van der Waals surface area contributed by atoms with Crippen LogP contribution in [0.25, 0.3) is 0 Å². The zero-order chi connectivity index (χ0) is 14.5. The molecular formula is C16H29N3S. The Morgan fingerprint density at radius 3 is 2.60 bits per heavy atom. The number of nitrogens with zero attached hydrogens (tertiary/aromatic N) is 2. The zero-order valence-corrected chi connectivity index (χ0v) is 14.2. The highest BCUT2D eigenvalue weighted by Gasteiger charge is 2.24. The fourth-order valence-corrected chi connectivity index (χ4v) is 4.19. The Morgan fingerprint density at radius 2 is 2.00 bits per heavy atom. The van der Waals surface area contributed by atoms with Crippen molar-refractivity contribution in [2.75, 3.05) is 19.0 Å². The topological polar surface area (TPSA) is 28.2 Å². The van der Waals surface area contributed by atoms with E-state index in [1.54, 1.807) is 0 Å². The van der Waals surface area contributed by atoms with Crippen LogP contribution in [-0.4, -0.2) is 25.1 Å². The van der Waals surface area contributed by atoms with Crippen molar-refractivity contribution in [1.29, 1.82) is 0 Å². The predicted molar refractivity (Wildman–Crippen MR) is 88.7 cm³/mol. The molecule has 1 aliphatic carbocycles. The van der Waals surface area contributed by atoms with Crippen LogP contribution in [0.3, 0.4) is 0 Å². The molecule has 0 aliphatic heterocycles. The van der Waals surface area contributed by atoms with Crippen molar-refractivity contribution < 1.29 is 0 Å². The molecule has 2 rings (SSSR count). The van der Waals surface area contributed by atoms with E-state index >= 15 is 0 Å². The van der Waals surface area contributed by atoms with Crippen LogP contribution in [-0.2, 0) is 13.0 Å². The van der Waals surface area contributed by atoms with Gasteiger partial charge in [0.05, 0.1) is 5.69 Å². The monoisotopic (exact) mass is 295 g/mol. The smallest absolute Gasteiger partial charge is 0.185 e. The van der Waals surface area contributed by atoms with Gasteiger partial charge in [-0.2, -0.15) is 0 Å². The molecule has 0 aromatic carbocycles. The maximum Gasteiger partial charge on any atom is 0.185 e. The maximum atomic E-state index is 4.92. The molecular weight excluding hydrogens is 266 g/mol. The SMILES string of the molecule is CCCc1nc(N(C)C2CCC(C)CC2)sc1CNC. The van der Waals surface area contributed by atoms with Crippen LogP contribution in [0.4, 0.5) is 5.13 Å². The van der Waals surface area contributed by atoms with Crippen molar-refractivity contribution in [3.05, 3.63) is 10.6 Å². The van der Waals surface area contributed by atoms with Gasteiger partial charge in [-0.1, -0.05) is 20.3 Å². The van der Waals surface area contributed by atoms with Gasteiger partial charge in [-0.05, 0) is 45.1 Å². The summed E-state index contributed by atoms with van der Waals surface area (Å²) in [5.41, 5.74) is 1.30.